The maximum absolute atomic E-state index is 3.97. The fourth-order valence-corrected chi connectivity index (χ4v) is 0.395. The first kappa shape index (κ1) is 3.16. The molecule has 1 nitrogen and oxygen atoms in total. The zero-order valence-corrected chi connectivity index (χ0v) is 3.07. The van der Waals surface area contributed by atoms with Crippen LogP contribution in [0.25, 0.3) is 0 Å². The molecule has 0 saturated carbocycles. The number of hydrogen-bond acceptors (Lipinski definition) is 0. The summed E-state index contributed by atoms with van der Waals surface area (Å²) >= 11 is 0. The predicted molar refractivity (Wildman–Crippen MR) is 19.7 cm³/mol. The summed E-state index contributed by atoms with van der Waals surface area (Å²) in [6.45, 7) is 1.89. The van der Waals surface area contributed by atoms with Crippen molar-refractivity contribution >= 4 is 0 Å². The first-order valence-electron chi connectivity index (χ1n) is 1.84. The average molecular weight is 68.1 g/mol. The maximum atomic E-state index is 3.97. The van der Waals surface area contributed by atoms with Gasteiger partial charge in [0.1, 0.15) is 0 Å². The second kappa shape index (κ2) is 1.41. The van der Waals surface area contributed by atoms with E-state index in [1.807, 2.05) is 0 Å². The van der Waals surface area contributed by atoms with Gasteiger partial charge in [-0.15, -0.1) is 0 Å². The molecule has 1 aliphatic heterocycles. The van der Waals surface area contributed by atoms with Crippen LogP contribution in [-0.4, -0.2) is 13.1 Å². The highest BCUT2D eigenvalue weighted by atomic mass is 14.9. The summed E-state index contributed by atoms with van der Waals surface area (Å²) in [6, 6.07) is 0. The molecule has 1 heteroatoms. The van der Waals surface area contributed by atoms with Crippen LogP contribution in [0.15, 0.2) is 0 Å². The smallest absolute Gasteiger partial charge is 0.0202 e. The standard InChI is InChI=1S/C4H6N/c1-2-4-5-3-1/h1,3-4H2. The van der Waals surface area contributed by atoms with E-state index in [4.69, 9.17) is 0 Å². The highest BCUT2D eigenvalue weighted by molar-refractivity contribution is 4.75. The number of rotatable bonds is 0. The first-order chi connectivity index (χ1) is 2.50. The molecule has 5 heavy (non-hydrogen) atoms. The van der Waals surface area contributed by atoms with Crippen LogP contribution in [0.1, 0.15) is 6.42 Å². The fraction of sp³-hybridized carbons (Fsp3) is 0.750. The largest absolute Gasteiger partial charge is 0.241 e. The molecule has 1 rings (SSSR count). The van der Waals surface area contributed by atoms with Gasteiger partial charge in [-0.1, -0.05) is 0 Å². The highest BCUT2D eigenvalue weighted by Gasteiger charge is 1.96. The Labute approximate surface area is 32.4 Å². The van der Waals surface area contributed by atoms with Crippen LogP contribution in [0.2, 0.25) is 0 Å². The van der Waals surface area contributed by atoms with Crippen LogP contribution in [0.3, 0.4) is 0 Å². The van der Waals surface area contributed by atoms with Gasteiger partial charge >= 0.3 is 0 Å². The van der Waals surface area contributed by atoms with Crippen LogP contribution in [-0.2, 0) is 0 Å². The average Bonchev–Trinajstić information content (AvgIpc) is 1.76. The summed E-state index contributed by atoms with van der Waals surface area (Å²) in [4.78, 5) is 0. The first-order valence-corrected chi connectivity index (χ1v) is 1.84. The molecule has 0 aromatic rings. The van der Waals surface area contributed by atoms with Crippen LogP contribution < -0.4 is 5.32 Å². The third-order valence-corrected chi connectivity index (χ3v) is 0.670. The van der Waals surface area contributed by atoms with Crippen molar-refractivity contribution in [2.75, 3.05) is 13.1 Å². The summed E-state index contributed by atoms with van der Waals surface area (Å²) in [6.07, 6.45) is 4.14. The van der Waals surface area contributed by atoms with E-state index in [-0.39, 0.29) is 0 Å². The Hall–Kier alpha value is -0.0400. The monoisotopic (exact) mass is 68.1 g/mol. The lowest BCUT2D eigenvalue weighted by molar-refractivity contribution is 0.843. The van der Waals surface area contributed by atoms with Crippen LogP contribution in [0.5, 0.6) is 0 Å². The lowest BCUT2D eigenvalue weighted by atomic mass is 10.4. The van der Waals surface area contributed by atoms with Crippen molar-refractivity contribution < 1.29 is 0 Å². The zero-order valence-electron chi connectivity index (χ0n) is 3.07. The Bertz CT molecular complexity index is 15.2. The molecule has 1 aliphatic rings. The van der Waals surface area contributed by atoms with Crippen molar-refractivity contribution in [2.45, 2.75) is 6.42 Å². The maximum Gasteiger partial charge on any atom is 0.0202 e. The predicted octanol–water partition coefficient (Wildman–Crippen LogP) is 0.0758. The second-order valence-electron chi connectivity index (χ2n) is 1.11. The van der Waals surface area contributed by atoms with Gasteiger partial charge in [0.2, 0.25) is 0 Å². The Balaban J connectivity index is 2.08. The molecule has 0 amide bonds. The minimum absolute atomic E-state index is 0.875. The van der Waals surface area contributed by atoms with Gasteiger partial charge < -0.3 is 0 Å². The molecule has 27 valence electrons. The van der Waals surface area contributed by atoms with E-state index in [2.05, 4.69) is 11.7 Å². The van der Waals surface area contributed by atoms with Crippen molar-refractivity contribution in [3.05, 3.63) is 6.42 Å². The van der Waals surface area contributed by atoms with Crippen molar-refractivity contribution in [3.63, 3.8) is 0 Å². The van der Waals surface area contributed by atoms with Crippen molar-refractivity contribution in [1.29, 1.82) is 0 Å². The molecule has 0 bridgehead atoms. The lowest BCUT2D eigenvalue weighted by Crippen LogP contribution is -1.92. The normalized spacial score (nSPS) is 24.0. The SMILES string of the molecule is [C]1CC[N]C1. The van der Waals surface area contributed by atoms with E-state index in [1.54, 1.807) is 0 Å². The quantitative estimate of drug-likeness (QED) is 0.381. The van der Waals surface area contributed by atoms with E-state index in [1.165, 1.54) is 0 Å². The molecule has 0 aliphatic carbocycles. The second-order valence-corrected chi connectivity index (χ2v) is 1.11. The highest BCUT2D eigenvalue weighted by Crippen LogP contribution is 1.90. The summed E-state index contributed by atoms with van der Waals surface area (Å²) in [5, 5.41) is 3.97. The van der Waals surface area contributed by atoms with Crippen molar-refractivity contribution in [2.24, 2.45) is 0 Å². The van der Waals surface area contributed by atoms with E-state index in [0.717, 1.165) is 19.5 Å². The molecule has 0 N–H and O–H groups in total. The molecule has 0 atom stereocenters. The summed E-state index contributed by atoms with van der Waals surface area (Å²) in [5.74, 6) is 0. The van der Waals surface area contributed by atoms with Gasteiger partial charge in [0.05, 0.1) is 0 Å². The zero-order chi connectivity index (χ0) is 3.54. The summed E-state index contributed by atoms with van der Waals surface area (Å²) < 4.78 is 0. The molecule has 1 fully saturated rings. The number of nitrogens with zero attached hydrogens (tertiary/aromatic N) is 1. The minimum atomic E-state index is 0.875. The Morgan fingerprint density at radius 2 is 2.60 bits per heavy atom. The van der Waals surface area contributed by atoms with Crippen molar-refractivity contribution in [1.82, 2.24) is 5.32 Å². The van der Waals surface area contributed by atoms with E-state index >= 15 is 0 Å². The third-order valence-electron chi connectivity index (χ3n) is 0.670. The Morgan fingerprint density at radius 3 is 2.80 bits per heavy atom. The number of hydrogen-bond donors (Lipinski definition) is 0. The van der Waals surface area contributed by atoms with Gasteiger partial charge in [0, 0.05) is 19.5 Å². The van der Waals surface area contributed by atoms with Crippen LogP contribution in [0, 0.1) is 6.42 Å². The molecular weight excluding hydrogens is 62.1 g/mol. The van der Waals surface area contributed by atoms with Gasteiger partial charge in [-0.3, -0.25) is 0 Å². The fourth-order valence-electron chi connectivity index (χ4n) is 0.395. The Kier molecular flexibility index (Phi) is 0.892. The van der Waals surface area contributed by atoms with Gasteiger partial charge in [0.15, 0.2) is 0 Å². The minimum Gasteiger partial charge on any atom is -0.241 e. The van der Waals surface area contributed by atoms with E-state index < -0.39 is 0 Å². The Morgan fingerprint density at radius 1 is 1.60 bits per heavy atom. The molecule has 0 spiro atoms. The molecule has 0 aromatic heterocycles. The summed E-state index contributed by atoms with van der Waals surface area (Å²) in [5.41, 5.74) is 0. The summed E-state index contributed by atoms with van der Waals surface area (Å²) in [7, 11) is 0. The molecule has 0 unspecified atom stereocenters. The molecule has 3 radical (unpaired) electrons. The van der Waals surface area contributed by atoms with Gasteiger partial charge in [-0.05, 0) is 6.42 Å². The topological polar surface area (TPSA) is 14.1 Å². The van der Waals surface area contributed by atoms with Crippen LogP contribution in [0.4, 0.5) is 0 Å². The van der Waals surface area contributed by atoms with Gasteiger partial charge in [-0.2, -0.15) is 0 Å². The third kappa shape index (κ3) is 0.618. The van der Waals surface area contributed by atoms with Gasteiger partial charge in [-0.25, -0.2) is 5.32 Å². The van der Waals surface area contributed by atoms with Crippen molar-refractivity contribution in [3.8, 4) is 0 Å². The van der Waals surface area contributed by atoms with E-state index in [9.17, 15) is 0 Å². The van der Waals surface area contributed by atoms with Gasteiger partial charge in [0.25, 0.3) is 0 Å². The molecule has 0 aromatic carbocycles. The van der Waals surface area contributed by atoms with Crippen LogP contribution >= 0.6 is 0 Å². The van der Waals surface area contributed by atoms with E-state index in [0.29, 0.717) is 0 Å². The molecular formula is C4H6N. The lowest BCUT2D eigenvalue weighted by Gasteiger charge is -1.71. The molecule has 1 saturated heterocycles. The molecule has 1 heterocycles.